The van der Waals surface area contributed by atoms with Crippen LogP contribution in [0.1, 0.15) is 80.1 Å². The van der Waals surface area contributed by atoms with Gasteiger partial charge < -0.3 is 20.6 Å². The molecule has 3 N–H and O–H groups in total. The third-order valence-electron chi connectivity index (χ3n) is 8.83. The molecule has 1 saturated heterocycles. The van der Waals surface area contributed by atoms with Gasteiger partial charge in [0.1, 0.15) is 12.1 Å². The highest BCUT2D eigenvalue weighted by Gasteiger charge is 2.30. The number of aromatic nitrogens is 2. The zero-order valence-corrected chi connectivity index (χ0v) is 30.1. The fraction of sp³-hybridized carbons (Fsp3) is 0.410. The molecule has 2 aromatic heterocycles. The Morgan fingerprint density at radius 1 is 0.776 bits per heavy atom. The van der Waals surface area contributed by atoms with Crippen LogP contribution < -0.4 is 10.6 Å². The van der Waals surface area contributed by atoms with Crippen molar-refractivity contribution in [1.82, 2.24) is 25.5 Å². The van der Waals surface area contributed by atoms with Crippen molar-refractivity contribution in [2.75, 3.05) is 19.6 Å². The summed E-state index contributed by atoms with van der Waals surface area (Å²) < 4.78 is 0. The van der Waals surface area contributed by atoms with Crippen molar-refractivity contribution in [2.45, 2.75) is 83.7 Å². The first-order valence-electron chi connectivity index (χ1n) is 16.9. The first-order valence-corrected chi connectivity index (χ1v) is 17.7. The highest BCUT2D eigenvalue weighted by Crippen LogP contribution is 2.30. The van der Waals surface area contributed by atoms with E-state index in [4.69, 9.17) is 0 Å². The molecule has 0 saturated carbocycles. The van der Waals surface area contributed by atoms with Gasteiger partial charge in [-0.05, 0) is 65.6 Å². The van der Waals surface area contributed by atoms with E-state index in [-0.39, 0.29) is 29.7 Å². The molecule has 0 aliphatic carbocycles. The minimum Gasteiger partial charge on any atom is -0.480 e. The summed E-state index contributed by atoms with van der Waals surface area (Å²) in [4.78, 5) is 52.0. The summed E-state index contributed by atoms with van der Waals surface area (Å²) in [6.45, 7) is 14.6. The van der Waals surface area contributed by atoms with Crippen molar-refractivity contribution in [1.29, 1.82) is 0 Å². The number of carbonyl (C=O) groups is 3. The molecule has 1 aliphatic heterocycles. The van der Waals surface area contributed by atoms with Crippen LogP contribution in [0.2, 0.25) is 0 Å². The Hall–Kier alpha value is -4.41. The van der Waals surface area contributed by atoms with Crippen LogP contribution in [0.3, 0.4) is 0 Å². The predicted octanol–water partition coefficient (Wildman–Crippen LogP) is 6.47. The molecule has 9 nitrogen and oxygen atoms in total. The molecule has 4 aromatic rings. The van der Waals surface area contributed by atoms with Gasteiger partial charge in [0.05, 0.1) is 4.88 Å². The third-order valence-corrected chi connectivity index (χ3v) is 10.3. The number of benzene rings is 2. The molecule has 2 aromatic carbocycles. The van der Waals surface area contributed by atoms with E-state index >= 15 is 0 Å². The normalized spacial score (nSPS) is 15.1. The average molecular weight is 682 g/mol. The maximum absolute atomic E-state index is 13.6. The average Bonchev–Trinajstić information content (AvgIpc) is 3.77. The van der Waals surface area contributed by atoms with Crippen molar-refractivity contribution in [2.24, 2.45) is 0 Å². The number of thiophene rings is 1. The minimum atomic E-state index is -1.10. The summed E-state index contributed by atoms with van der Waals surface area (Å²) in [5.74, 6) is -1.44. The Morgan fingerprint density at radius 3 is 1.94 bits per heavy atom. The number of carboxylic acid groups (broad SMARTS) is 1. The molecule has 49 heavy (non-hydrogen) atoms. The highest BCUT2D eigenvalue weighted by molar-refractivity contribution is 7.14. The lowest BCUT2D eigenvalue weighted by Crippen LogP contribution is -2.55. The number of rotatable bonds is 11. The highest BCUT2D eigenvalue weighted by atomic mass is 32.1. The number of nitrogens with zero attached hydrogens (tertiary/aromatic N) is 3. The monoisotopic (exact) mass is 681 g/mol. The molecule has 258 valence electrons. The predicted molar refractivity (Wildman–Crippen MR) is 195 cm³/mol. The van der Waals surface area contributed by atoms with Gasteiger partial charge in [-0.15, -0.1) is 11.3 Å². The lowest BCUT2D eigenvalue weighted by atomic mass is 9.86. The molecule has 0 radical (unpaired) electrons. The summed E-state index contributed by atoms with van der Waals surface area (Å²) in [6, 6.07) is 17.6. The first kappa shape index (κ1) is 35.9. The molecular weight excluding hydrogens is 635 g/mol. The first-order chi connectivity index (χ1) is 23.2. The number of carboxylic acids is 1. The van der Waals surface area contributed by atoms with Crippen molar-refractivity contribution < 1.29 is 19.5 Å². The van der Waals surface area contributed by atoms with Crippen LogP contribution in [0.15, 0.2) is 73.1 Å². The van der Waals surface area contributed by atoms with Crippen molar-refractivity contribution in [3.63, 3.8) is 0 Å². The maximum Gasteiger partial charge on any atom is 0.327 e. The van der Waals surface area contributed by atoms with Crippen LogP contribution in [0.4, 0.5) is 0 Å². The lowest BCUT2D eigenvalue weighted by Gasteiger charge is -2.24. The molecular formula is C39H47N5O4S. The lowest BCUT2D eigenvalue weighted by molar-refractivity contribution is -0.142. The van der Waals surface area contributed by atoms with E-state index in [0.29, 0.717) is 10.7 Å². The van der Waals surface area contributed by atoms with Crippen LogP contribution in [0.5, 0.6) is 0 Å². The van der Waals surface area contributed by atoms with E-state index in [1.54, 1.807) is 6.07 Å². The Balaban J connectivity index is 1.31. The molecule has 10 heteroatoms. The van der Waals surface area contributed by atoms with E-state index < -0.39 is 24.0 Å². The number of hydrogen-bond acceptors (Lipinski definition) is 7. The van der Waals surface area contributed by atoms with E-state index in [0.717, 1.165) is 53.1 Å². The zero-order valence-electron chi connectivity index (χ0n) is 29.2. The fourth-order valence-corrected chi connectivity index (χ4v) is 6.76. The SMILES string of the molecule is CC(C)(C)c1ccc(-c2cnc(-c3ccc(C[C@H](NC(=O)c4ccc(C(C)(C)C)s4)C(=O)NC(CN4CCCC4)C(=O)O)cc3)nc2)cc1. The summed E-state index contributed by atoms with van der Waals surface area (Å²) in [6.07, 6.45) is 5.82. The van der Waals surface area contributed by atoms with Crippen LogP contribution in [-0.4, -0.2) is 69.5 Å². The standard InChI is InChI=1S/C39H47N5O4S/c1-38(2,3)29-15-13-26(14-16-29)28-22-40-34(41-23-28)27-11-9-25(10-12-27)21-30(42-36(46)32-17-18-33(49-32)39(4,5)6)35(45)43-31(37(47)48)24-44-19-7-8-20-44/h9-18,22-23,30-31H,7-8,19-21,24H2,1-6H3,(H,42,46)(H,43,45)(H,47,48)/t30-,31?/m0/s1. The second-order valence-corrected chi connectivity index (χ2v) is 16.0. The van der Waals surface area contributed by atoms with Crippen LogP contribution in [-0.2, 0) is 26.8 Å². The van der Waals surface area contributed by atoms with Crippen LogP contribution >= 0.6 is 11.3 Å². The third kappa shape index (κ3) is 9.39. The van der Waals surface area contributed by atoms with Gasteiger partial charge in [0.15, 0.2) is 5.82 Å². The van der Waals surface area contributed by atoms with Gasteiger partial charge in [-0.25, -0.2) is 14.8 Å². The molecule has 2 atom stereocenters. The van der Waals surface area contributed by atoms with E-state index in [1.165, 1.54) is 16.9 Å². The quantitative estimate of drug-likeness (QED) is 0.166. The fourth-order valence-electron chi connectivity index (χ4n) is 5.80. The van der Waals surface area contributed by atoms with Crippen molar-refractivity contribution in [3.8, 4) is 22.5 Å². The van der Waals surface area contributed by atoms with Gasteiger partial charge in [-0.1, -0.05) is 90.1 Å². The molecule has 5 rings (SSSR count). The molecule has 1 unspecified atom stereocenters. The van der Waals surface area contributed by atoms with Gasteiger partial charge in [0.2, 0.25) is 5.91 Å². The molecule has 0 spiro atoms. The van der Waals surface area contributed by atoms with Crippen LogP contribution in [0.25, 0.3) is 22.5 Å². The van der Waals surface area contributed by atoms with Crippen molar-refractivity contribution >= 4 is 29.1 Å². The Kier molecular flexibility index (Phi) is 11.0. The Labute approximate surface area is 293 Å². The number of carbonyl (C=O) groups excluding carboxylic acids is 2. The summed E-state index contributed by atoms with van der Waals surface area (Å²) in [5, 5.41) is 15.5. The van der Waals surface area contributed by atoms with E-state index in [2.05, 4.69) is 86.4 Å². The second-order valence-electron chi connectivity index (χ2n) is 14.9. The van der Waals surface area contributed by atoms with Gasteiger partial charge in [-0.3, -0.25) is 9.59 Å². The van der Waals surface area contributed by atoms with Gasteiger partial charge in [0, 0.05) is 41.4 Å². The summed E-state index contributed by atoms with van der Waals surface area (Å²) >= 11 is 1.39. The number of nitrogens with one attached hydrogen (secondary N) is 2. The van der Waals surface area contributed by atoms with E-state index in [9.17, 15) is 19.5 Å². The van der Waals surface area contributed by atoms with Gasteiger partial charge >= 0.3 is 5.97 Å². The molecule has 2 amide bonds. The largest absolute Gasteiger partial charge is 0.480 e. The topological polar surface area (TPSA) is 125 Å². The molecule has 1 fully saturated rings. The van der Waals surface area contributed by atoms with Crippen molar-refractivity contribution in [3.05, 3.63) is 93.9 Å². The number of hydrogen-bond donors (Lipinski definition) is 3. The Morgan fingerprint density at radius 2 is 1.39 bits per heavy atom. The molecule has 0 bridgehead atoms. The second kappa shape index (κ2) is 15.0. The summed E-state index contributed by atoms with van der Waals surface area (Å²) in [5.41, 5.74) is 4.81. The minimum absolute atomic E-state index is 0.0783. The van der Waals surface area contributed by atoms with Crippen LogP contribution in [0, 0.1) is 0 Å². The zero-order chi connectivity index (χ0) is 35.3. The molecule has 1 aliphatic rings. The summed E-state index contributed by atoms with van der Waals surface area (Å²) in [7, 11) is 0. The number of amides is 2. The van der Waals surface area contributed by atoms with Gasteiger partial charge in [-0.2, -0.15) is 0 Å². The maximum atomic E-state index is 13.6. The van der Waals surface area contributed by atoms with Gasteiger partial charge in [0.25, 0.3) is 5.91 Å². The Bertz CT molecular complexity index is 1750. The smallest absolute Gasteiger partial charge is 0.327 e. The van der Waals surface area contributed by atoms with E-state index in [1.807, 2.05) is 47.6 Å². The molecule has 3 heterocycles. The number of aliphatic carboxylic acids is 1. The number of likely N-dealkylation sites (tertiary alicyclic amines) is 1.